The average Bonchev–Trinajstić information content (AvgIpc) is 2.54. The number of anilines is 1. The Morgan fingerprint density at radius 3 is 2.63 bits per heavy atom. The second kappa shape index (κ2) is 7.05. The molecule has 3 rings (SSSR count). The Bertz CT molecular complexity index is 989. The van der Waals surface area contributed by atoms with Crippen molar-refractivity contribution in [2.45, 2.75) is 31.9 Å². The molecular formula is C19H21ClN2O4S. The summed E-state index contributed by atoms with van der Waals surface area (Å²) >= 11 is 6.17. The van der Waals surface area contributed by atoms with Crippen LogP contribution >= 0.6 is 11.6 Å². The first-order chi connectivity index (χ1) is 12.5. The molecule has 144 valence electrons. The van der Waals surface area contributed by atoms with E-state index in [0.29, 0.717) is 6.42 Å². The number of para-hydroxylation sites is 1. The SMILES string of the molecule is CC1(C)C[C@@H](NC(=O)c2cc(NS(C)(=O)=O)ccc2Cl)c2ccccc2O1. The summed E-state index contributed by atoms with van der Waals surface area (Å²) in [7, 11) is -3.46. The predicted octanol–water partition coefficient (Wildman–Crippen LogP) is 3.74. The highest BCUT2D eigenvalue weighted by Gasteiger charge is 2.34. The normalized spacial score (nSPS) is 18.1. The molecule has 0 aromatic heterocycles. The van der Waals surface area contributed by atoms with Crippen molar-refractivity contribution in [3.05, 3.63) is 58.6 Å². The van der Waals surface area contributed by atoms with Crippen molar-refractivity contribution in [1.82, 2.24) is 5.32 Å². The Hall–Kier alpha value is -2.25. The van der Waals surface area contributed by atoms with Crippen LogP contribution in [0.2, 0.25) is 5.02 Å². The first-order valence-electron chi connectivity index (χ1n) is 8.40. The summed E-state index contributed by atoms with van der Waals surface area (Å²) in [5, 5.41) is 3.24. The molecule has 0 spiro atoms. The summed E-state index contributed by atoms with van der Waals surface area (Å²) in [6, 6.07) is 11.7. The van der Waals surface area contributed by atoms with E-state index in [0.717, 1.165) is 17.6 Å². The molecule has 0 aliphatic carbocycles. The molecule has 27 heavy (non-hydrogen) atoms. The fourth-order valence-electron chi connectivity index (χ4n) is 3.14. The number of rotatable bonds is 4. The molecule has 1 heterocycles. The van der Waals surface area contributed by atoms with Crippen LogP contribution in [0.5, 0.6) is 5.75 Å². The lowest BCUT2D eigenvalue weighted by Crippen LogP contribution is -2.41. The highest BCUT2D eigenvalue weighted by atomic mass is 35.5. The molecule has 0 saturated carbocycles. The second-order valence-corrected chi connectivity index (χ2v) is 9.35. The Labute approximate surface area is 163 Å². The zero-order valence-corrected chi connectivity index (χ0v) is 16.8. The number of halogens is 1. The van der Waals surface area contributed by atoms with Crippen LogP contribution in [-0.4, -0.2) is 26.2 Å². The van der Waals surface area contributed by atoms with Crippen LogP contribution in [0.15, 0.2) is 42.5 Å². The van der Waals surface area contributed by atoms with Crippen LogP contribution in [0.1, 0.15) is 42.2 Å². The van der Waals surface area contributed by atoms with Gasteiger partial charge in [0.1, 0.15) is 11.4 Å². The number of ether oxygens (including phenoxy) is 1. The van der Waals surface area contributed by atoms with E-state index in [9.17, 15) is 13.2 Å². The number of hydrogen-bond donors (Lipinski definition) is 2. The summed E-state index contributed by atoms with van der Waals surface area (Å²) in [6.45, 7) is 3.93. The van der Waals surface area contributed by atoms with Crippen LogP contribution < -0.4 is 14.8 Å². The van der Waals surface area contributed by atoms with Crippen molar-refractivity contribution in [2.75, 3.05) is 11.0 Å². The van der Waals surface area contributed by atoms with Gasteiger partial charge >= 0.3 is 0 Å². The van der Waals surface area contributed by atoms with Crippen LogP contribution in [0, 0.1) is 0 Å². The van der Waals surface area contributed by atoms with Gasteiger partial charge in [0.2, 0.25) is 10.0 Å². The average molecular weight is 409 g/mol. The minimum Gasteiger partial charge on any atom is -0.487 e. The van der Waals surface area contributed by atoms with Crippen molar-refractivity contribution in [3.63, 3.8) is 0 Å². The van der Waals surface area contributed by atoms with Crippen molar-refractivity contribution in [2.24, 2.45) is 0 Å². The van der Waals surface area contributed by atoms with Gasteiger partial charge in [0.05, 0.1) is 22.9 Å². The number of fused-ring (bicyclic) bond motifs is 1. The van der Waals surface area contributed by atoms with Gasteiger partial charge in [-0.05, 0) is 38.1 Å². The van der Waals surface area contributed by atoms with Gasteiger partial charge in [-0.1, -0.05) is 29.8 Å². The molecule has 0 bridgehead atoms. The third kappa shape index (κ3) is 4.73. The minimum atomic E-state index is -3.46. The molecule has 8 heteroatoms. The molecule has 1 amide bonds. The highest BCUT2D eigenvalue weighted by Crippen LogP contribution is 2.39. The maximum atomic E-state index is 12.9. The van der Waals surface area contributed by atoms with Crippen molar-refractivity contribution in [1.29, 1.82) is 0 Å². The largest absolute Gasteiger partial charge is 0.487 e. The van der Waals surface area contributed by atoms with E-state index in [-0.39, 0.29) is 28.2 Å². The molecule has 0 unspecified atom stereocenters. The number of hydrogen-bond acceptors (Lipinski definition) is 4. The van der Waals surface area contributed by atoms with E-state index in [1.807, 2.05) is 38.1 Å². The molecule has 0 radical (unpaired) electrons. The highest BCUT2D eigenvalue weighted by molar-refractivity contribution is 7.92. The molecule has 1 aliphatic rings. The van der Waals surface area contributed by atoms with Crippen LogP contribution in [0.3, 0.4) is 0 Å². The number of sulfonamides is 1. The summed E-state index contributed by atoms with van der Waals surface area (Å²) < 4.78 is 31.2. The van der Waals surface area contributed by atoms with Gasteiger partial charge in [-0.2, -0.15) is 0 Å². The monoisotopic (exact) mass is 408 g/mol. The molecule has 1 aliphatic heterocycles. The quantitative estimate of drug-likeness (QED) is 0.806. The number of amides is 1. The van der Waals surface area contributed by atoms with Gasteiger partial charge in [-0.25, -0.2) is 8.42 Å². The number of nitrogens with one attached hydrogen (secondary N) is 2. The molecule has 0 saturated heterocycles. The van der Waals surface area contributed by atoms with E-state index in [1.54, 1.807) is 0 Å². The minimum absolute atomic E-state index is 0.201. The fourth-order valence-corrected chi connectivity index (χ4v) is 3.90. The zero-order valence-electron chi connectivity index (χ0n) is 15.2. The third-order valence-corrected chi connectivity index (χ3v) is 5.13. The smallest absolute Gasteiger partial charge is 0.253 e. The van der Waals surface area contributed by atoms with Crippen molar-refractivity contribution < 1.29 is 17.9 Å². The Kier molecular flexibility index (Phi) is 5.10. The van der Waals surface area contributed by atoms with Crippen molar-refractivity contribution in [3.8, 4) is 5.75 Å². The molecule has 1 atom stereocenters. The standard InChI is InChI=1S/C19H21ClN2O4S/c1-19(2)11-16(13-6-4-5-7-17(13)26-19)21-18(23)14-10-12(8-9-15(14)20)22-27(3,24)25/h4-10,16,22H,11H2,1-3H3,(H,21,23)/t16-/m1/s1. The van der Waals surface area contributed by atoms with Gasteiger partial charge < -0.3 is 10.1 Å². The summed E-state index contributed by atoms with van der Waals surface area (Å²) in [5.41, 5.74) is 0.939. The lowest BCUT2D eigenvalue weighted by molar-refractivity contribution is 0.0620. The molecule has 2 aromatic rings. The Balaban J connectivity index is 1.88. The zero-order chi connectivity index (χ0) is 19.8. The molecular weight excluding hydrogens is 388 g/mol. The number of carbonyl (C=O) groups is 1. The third-order valence-electron chi connectivity index (χ3n) is 4.20. The van der Waals surface area contributed by atoms with E-state index in [4.69, 9.17) is 16.3 Å². The van der Waals surface area contributed by atoms with Crippen LogP contribution in [0.4, 0.5) is 5.69 Å². The van der Waals surface area contributed by atoms with Gasteiger partial charge in [-0.15, -0.1) is 0 Å². The molecule has 0 fully saturated rings. The number of benzene rings is 2. The number of carbonyl (C=O) groups excluding carboxylic acids is 1. The first-order valence-corrected chi connectivity index (χ1v) is 10.7. The predicted molar refractivity (Wildman–Crippen MR) is 106 cm³/mol. The fraction of sp³-hybridized carbons (Fsp3) is 0.316. The summed E-state index contributed by atoms with van der Waals surface area (Å²) in [5.74, 6) is 0.354. The van der Waals surface area contributed by atoms with Gasteiger partial charge in [0.25, 0.3) is 5.91 Å². The van der Waals surface area contributed by atoms with E-state index in [1.165, 1.54) is 18.2 Å². The van der Waals surface area contributed by atoms with E-state index < -0.39 is 15.6 Å². The topological polar surface area (TPSA) is 84.5 Å². The van der Waals surface area contributed by atoms with E-state index >= 15 is 0 Å². The maximum Gasteiger partial charge on any atom is 0.253 e. The van der Waals surface area contributed by atoms with Crippen LogP contribution in [0.25, 0.3) is 0 Å². The van der Waals surface area contributed by atoms with Crippen molar-refractivity contribution >= 4 is 33.2 Å². The lowest BCUT2D eigenvalue weighted by Gasteiger charge is -2.37. The Morgan fingerprint density at radius 1 is 1.22 bits per heavy atom. The summed E-state index contributed by atoms with van der Waals surface area (Å²) in [6.07, 6.45) is 1.64. The van der Waals surface area contributed by atoms with Gasteiger partial charge in [0, 0.05) is 17.7 Å². The van der Waals surface area contributed by atoms with Crippen LogP contribution in [-0.2, 0) is 10.0 Å². The molecule has 6 nitrogen and oxygen atoms in total. The summed E-state index contributed by atoms with van der Waals surface area (Å²) in [4.78, 5) is 12.9. The molecule has 2 aromatic carbocycles. The van der Waals surface area contributed by atoms with Gasteiger partial charge in [-0.3, -0.25) is 9.52 Å². The molecule has 2 N–H and O–H groups in total. The lowest BCUT2D eigenvalue weighted by atomic mass is 9.89. The Morgan fingerprint density at radius 2 is 1.93 bits per heavy atom. The maximum absolute atomic E-state index is 12.9. The second-order valence-electron chi connectivity index (χ2n) is 7.20. The van der Waals surface area contributed by atoms with E-state index in [2.05, 4.69) is 10.0 Å². The first kappa shape index (κ1) is 19.5. The van der Waals surface area contributed by atoms with Gasteiger partial charge in [0.15, 0.2) is 0 Å².